The Labute approximate surface area is 251 Å². The van der Waals surface area contributed by atoms with Gasteiger partial charge in [0, 0.05) is 19.0 Å². The molecule has 23 heteroatoms. The molecule has 19 nitrogen and oxygen atoms in total. The molecule has 0 bridgehead atoms. The van der Waals surface area contributed by atoms with E-state index >= 15 is 0 Å². The van der Waals surface area contributed by atoms with Crippen LogP contribution in [0.2, 0.25) is 0 Å². The summed E-state index contributed by atoms with van der Waals surface area (Å²) in [6.07, 6.45) is -2.17. The van der Waals surface area contributed by atoms with Gasteiger partial charge in [0.15, 0.2) is 17.4 Å². The third-order valence-corrected chi connectivity index (χ3v) is 9.33. The average Bonchev–Trinajstić information content (AvgIpc) is 3.72. The van der Waals surface area contributed by atoms with E-state index in [0.29, 0.717) is 11.0 Å². The molecule has 0 saturated carbocycles. The minimum atomic E-state index is -4.17. The highest BCUT2D eigenvalue weighted by molar-refractivity contribution is 8.44. The van der Waals surface area contributed by atoms with Gasteiger partial charge in [0.2, 0.25) is 13.2 Å². The monoisotopic (exact) mass is 677 g/mol. The van der Waals surface area contributed by atoms with Crippen LogP contribution in [-0.2, 0) is 32.2 Å². The molecular formula is C20H25N9O10P2S2. The fourth-order valence-corrected chi connectivity index (χ4v) is 7.44. The highest BCUT2D eigenvalue weighted by atomic mass is 32.7. The first kappa shape index (κ1) is 30.4. The topological polar surface area (TPSA) is 254 Å². The first-order valence-electron chi connectivity index (χ1n) is 12.6. The second-order valence-corrected chi connectivity index (χ2v) is 14.4. The molecule has 0 aliphatic carbocycles. The molecule has 2 unspecified atom stereocenters. The van der Waals surface area contributed by atoms with Crippen LogP contribution in [0.15, 0.2) is 28.2 Å². The van der Waals surface area contributed by atoms with Gasteiger partial charge in [-0.25, -0.2) is 9.55 Å². The maximum Gasteiger partial charge on any atom is 0.386 e. The van der Waals surface area contributed by atoms with Gasteiger partial charge in [-0.1, -0.05) is 29.7 Å². The van der Waals surface area contributed by atoms with Crippen LogP contribution in [0.4, 0.5) is 5.95 Å². The number of thiol groups is 2. The molecule has 4 aromatic heterocycles. The van der Waals surface area contributed by atoms with Crippen LogP contribution in [0.3, 0.4) is 0 Å². The zero-order chi connectivity index (χ0) is 30.5. The molecular weight excluding hydrogens is 652 g/mol. The number of aromatic amines is 2. The standard InChI is InChI=1S/C20H25N9O10P2S2/c21-20-24-16-14(18(32)25-20)26-27-29(16)19-11(3-8(5-30)36-19)39-41(34,43)35-6-12-10(38-40(33)42)4-13(37-12)28-2-1-9-15(28)22-7-23-17(9)31/h1-2,7-8,10-13,19,30,40H,3-6H2,(H,33,42)(H,34,43)(H,22,23,31)(H3,21,24,25,32)/t8-,10-,11+,12+,13+,19+,41?/m0/s1. The van der Waals surface area contributed by atoms with E-state index in [-0.39, 0.29) is 42.1 Å². The lowest BCUT2D eigenvalue weighted by Gasteiger charge is -2.24. The summed E-state index contributed by atoms with van der Waals surface area (Å²) < 4.78 is 56.7. The molecule has 2 aliphatic rings. The minimum Gasteiger partial charge on any atom is -0.394 e. The van der Waals surface area contributed by atoms with Crippen LogP contribution in [0.25, 0.3) is 22.2 Å². The number of rotatable bonds is 10. The predicted octanol–water partition coefficient (Wildman–Crippen LogP) is 0.547. The van der Waals surface area contributed by atoms with E-state index in [9.17, 15) is 23.8 Å². The number of hydrogen-bond donors (Lipinski definition) is 6. The van der Waals surface area contributed by atoms with Crippen LogP contribution in [-0.4, -0.2) is 82.2 Å². The lowest BCUT2D eigenvalue weighted by molar-refractivity contribution is -0.0558. The number of aromatic nitrogens is 8. The van der Waals surface area contributed by atoms with Crippen LogP contribution >= 0.6 is 38.5 Å². The van der Waals surface area contributed by atoms with Gasteiger partial charge in [-0.05, 0) is 6.07 Å². The molecule has 4 aromatic rings. The Morgan fingerprint density at radius 1 is 1.23 bits per heavy atom. The van der Waals surface area contributed by atoms with Crippen molar-refractivity contribution in [3.8, 4) is 0 Å². The maximum atomic E-state index is 13.4. The number of nitrogen functional groups attached to an aromatic ring is 1. The number of fused-ring (bicyclic) bond motifs is 2. The molecule has 6 heterocycles. The van der Waals surface area contributed by atoms with E-state index in [1.165, 1.54) is 6.33 Å². The third-order valence-electron chi connectivity index (χ3n) is 6.87. The van der Waals surface area contributed by atoms with Gasteiger partial charge in [0.05, 0.1) is 37.1 Å². The van der Waals surface area contributed by atoms with Crippen molar-refractivity contribution >= 4 is 66.7 Å². The zero-order valence-corrected chi connectivity index (χ0v) is 25.4. The number of nitrogens with zero attached hydrogens (tertiary/aromatic N) is 6. The lowest BCUT2D eigenvalue weighted by Crippen LogP contribution is -2.28. The molecule has 2 aliphatic heterocycles. The summed E-state index contributed by atoms with van der Waals surface area (Å²) in [5.74, 6) is -0.190. The van der Waals surface area contributed by atoms with Crippen molar-refractivity contribution in [3.63, 3.8) is 0 Å². The Hall–Kier alpha value is -2.58. The third kappa shape index (κ3) is 6.19. The number of nitrogens with one attached hydrogen (secondary N) is 2. The van der Waals surface area contributed by atoms with Gasteiger partial charge >= 0.3 is 6.80 Å². The SMILES string of the molecule is Nc1nc2c(nnn2[C@@H]2O[C@H](CO)C[C@H]2OP(=O)(S)OC[C@H]2O[C@@H](n3ccc4c(=O)[nH]cnc43)C[C@@H]2O[PH](=O)S)c(=O)[nH]1. The molecule has 0 radical (unpaired) electrons. The van der Waals surface area contributed by atoms with Crippen LogP contribution in [0.5, 0.6) is 0 Å². The Bertz CT molecular complexity index is 1850. The average molecular weight is 678 g/mol. The number of anilines is 1. The molecule has 0 amide bonds. The number of nitrogens with two attached hydrogens (primary N) is 1. The van der Waals surface area contributed by atoms with E-state index in [1.54, 1.807) is 16.8 Å². The molecule has 2 saturated heterocycles. The molecule has 6 rings (SSSR count). The molecule has 2 fully saturated rings. The maximum absolute atomic E-state index is 13.4. The fraction of sp³-hybridized carbons (Fsp3) is 0.500. The number of ether oxygens (including phenoxy) is 2. The van der Waals surface area contributed by atoms with Crippen molar-refractivity contribution < 1.29 is 37.3 Å². The molecule has 8 atom stereocenters. The Balaban J connectivity index is 1.18. The van der Waals surface area contributed by atoms with Gasteiger partial charge in [-0.2, -0.15) is 9.67 Å². The summed E-state index contributed by atoms with van der Waals surface area (Å²) in [6, 6.07) is 1.58. The molecule has 5 N–H and O–H groups in total. The highest BCUT2D eigenvalue weighted by Gasteiger charge is 2.44. The van der Waals surface area contributed by atoms with Crippen LogP contribution < -0.4 is 16.9 Å². The smallest absolute Gasteiger partial charge is 0.386 e. The van der Waals surface area contributed by atoms with E-state index in [0.717, 1.165) is 4.68 Å². The normalized spacial score (nSPS) is 28.1. The quantitative estimate of drug-likeness (QED) is 0.0990. The van der Waals surface area contributed by atoms with Crippen molar-refractivity contribution in [1.29, 1.82) is 0 Å². The Kier molecular flexibility index (Phi) is 8.55. The van der Waals surface area contributed by atoms with E-state index < -0.39 is 63.1 Å². The van der Waals surface area contributed by atoms with E-state index in [1.807, 2.05) is 0 Å². The van der Waals surface area contributed by atoms with Crippen molar-refractivity contribution in [2.75, 3.05) is 18.9 Å². The Morgan fingerprint density at radius 2 is 2.05 bits per heavy atom. The summed E-state index contributed by atoms with van der Waals surface area (Å²) in [5, 5.41) is 17.8. The first-order chi connectivity index (χ1) is 20.5. The number of aliphatic hydroxyl groups excluding tert-OH is 1. The van der Waals surface area contributed by atoms with Gasteiger partial charge < -0.3 is 34.4 Å². The first-order valence-corrected chi connectivity index (χ1v) is 17.9. The Morgan fingerprint density at radius 3 is 2.81 bits per heavy atom. The summed E-state index contributed by atoms with van der Waals surface area (Å²) in [5.41, 5.74) is 4.94. The summed E-state index contributed by atoms with van der Waals surface area (Å²) in [7, 11) is -2.71. The van der Waals surface area contributed by atoms with Crippen molar-refractivity contribution in [2.45, 2.75) is 49.7 Å². The largest absolute Gasteiger partial charge is 0.394 e. The van der Waals surface area contributed by atoms with E-state index in [4.69, 9.17) is 28.8 Å². The second-order valence-electron chi connectivity index (χ2n) is 9.61. The van der Waals surface area contributed by atoms with Crippen LogP contribution in [0.1, 0.15) is 25.3 Å². The number of hydrogen-bond acceptors (Lipinski definition) is 15. The minimum absolute atomic E-state index is 0.0188. The van der Waals surface area contributed by atoms with Crippen molar-refractivity contribution in [2.24, 2.45) is 0 Å². The lowest BCUT2D eigenvalue weighted by atomic mass is 10.2. The van der Waals surface area contributed by atoms with Crippen LogP contribution in [0, 0.1) is 0 Å². The van der Waals surface area contributed by atoms with Crippen molar-refractivity contribution in [1.82, 2.24) is 39.5 Å². The van der Waals surface area contributed by atoms with Gasteiger partial charge in [-0.15, -0.1) is 5.10 Å². The van der Waals surface area contributed by atoms with E-state index in [2.05, 4.69) is 54.7 Å². The van der Waals surface area contributed by atoms with Crippen molar-refractivity contribution in [3.05, 3.63) is 39.3 Å². The molecule has 43 heavy (non-hydrogen) atoms. The highest BCUT2D eigenvalue weighted by Crippen LogP contribution is 2.57. The summed E-state index contributed by atoms with van der Waals surface area (Å²) >= 11 is 7.99. The summed E-state index contributed by atoms with van der Waals surface area (Å²) in [4.78, 5) is 37.4. The summed E-state index contributed by atoms with van der Waals surface area (Å²) in [6.45, 7) is -4.93. The van der Waals surface area contributed by atoms with Gasteiger partial charge in [0.25, 0.3) is 11.1 Å². The zero-order valence-electron chi connectivity index (χ0n) is 21.7. The molecule has 0 spiro atoms. The predicted molar refractivity (Wildman–Crippen MR) is 155 cm³/mol. The fourth-order valence-electron chi connectivity index (χ4n) is 5.03. The molecule has 0 aromatic carbocycles. The van der Waals surface area contributed by atoms with Gasteiger partial charge in [0.1, 0.15) is 24.1 Å². The number of aliphatic hydroxyl groups is 1. The second kappa shape index (κ2) is 12.1. The molecule has 232 valence electrons. The van der Waals surface area contributed by atoms with Gasteiger partial charge in [-0.3, -0.25) is 28.2 Å². The number of H-pyrrole nitrogens is 2.